The molecular weight excluding hydrogens is 493 g/mol. The summed E-state index contributed by atoms with van der Waals surface area (Å²) in [4.78, 5) is 9.44. The average molecular weight is 524 g/mol. The zero-order valence-corrected chi connectivity index (χ0v) is 22.2. The molecule has 0 aliphatic carbocycles. The molecule has 2 aliphatic heterocycles. The van der Waals surface area contributed by atoms with E-state index in [2.05, 4.69) is 33.0 Å². The van der Waals surface area contributed by atoms with Gasteiger partial charge in [-0.3, -0.25) is 9.88 Å². The quantitative estimate of drug-likeness (QED) is 0.434. The number of nitrogens with zero attached hydrogens (tertiary/aromatic N) is 3. The first-order chi connectivity index (χ1) is 17.3. The van der Waals surface area contributed by atoms with E-state index in [1.165, 1.54) is 0 Å². The van der Waals surface area contributed by atoms with Crippen molar-refractivity contribution in [2.75, 3.05) is 37.6 Å². The van der Waals surface area contributed by atoms with Crippen molar-refractivity contribution in [2.24, 2.45) is 0 Å². The molecular formula is C29H31Cl2N3O2. The van der Waals surface area contributed by atoms with Gasteiger partial charge in [-0.15, -0.1) is 0 Å². The standard InChI is InChI=1S/C29H31Cl2N3O2/c1-29(2,35)20-7-10-28-24(17-20)22(23-5-3-11-32-27(23)19-36-28)6-4-12-33-13-15-34(16-14-33)21-8-9-25(30)26(31)18-21/h3,5-11,17-18,35H,4,12-16,19H2,1-2H3/b22-6+. The van der Waals surface area contributed by atoms with E-state index in [9.17, 15) is 5.11 Å². The number of hydrogen-bond acceptors (Lipinski definition) is 5. The molecule has 1 aromatic heterocycles. The molecule has 0 amide bonds. The Kier molecular flexibility index (Phi) is 7.27. The highest BCUT2D eigenvalue weighted by Crippen LogP contribution is 2.38. The van der Waals surface area contributed by atoms with Crippen LogP contribution < -0.4 is 9.64 Å². The van der Waals surface area contributed by atoms with E-state index in [0.717, 1.165) is 78.5 Å². The molecule has 0 bridgehead atoms. The fourth-order valence-corrected chi connectivity index (χ4v) is 5.15. The van der Waals surface area contributed by atoms with Crippen LogP contribution in [0.2, 0.25) is 10.0 Å². The second-order valence-corrected chi connectivity index (χ2v) is 10.7. The van der Waals surface area contributed by atoms with Crippen LogP contribution in [0.1, 0.15) is 42.7 Å². The monoisotopic (exact) mass is 523 g/mol. The van der Waals surface area contributed by atoms with Gasteiger partial charge in [0.2, 0.25) is 0 Å². The number of fused-ring (bicyclic) bond motifs is 2. The van der Waals surface area contributed by atoms with Gasteiger partial charge in [0, 0.05) is 55.7 Å². The van der Waals surface area contributed by atoms with Gasteiger partial charge in [0.15, 0.2) is 0 Å². The Balaban J connectivity index is 1.32. The molecule has 2 aliphatic rings. The third kappa shape index (κ3) is 5.40. The predicted molar refractivity (Wildman–Crippen MR) is 147 cm³/mol. The minimum absolute atomic E-state index is 0.430. The van der Waals surface area contributed by atoms with E-state index in [4.69, 9.17) is 27.9 Å². The maximum atomic E-state index is 10.6. The summed E-state index contributed by atoms with van der Waals surface area (Å²) in [6.45, 7) is 8.90. The molecule has 1 N–H and O–H groups in total. The molecule has 2 aromatic carbocycles. The lowest BCUT2D eigenvalue weighted by Gasteiger charge is -2.36. The van der Waals surface area contributed by atoms with Crippen LogP contribution in [-0.2, 0) is 12.2 Å². The summed E-state index contributed by atoms with van der Waals surface area (Å²) in [5.41, 5.74) is 5.19. The number of halogens is 2. The van der Waals surface area contributed by atoms with Crippen LogP contribution in [0, 0.1) is 0 Å². The van der Waals surface area contributed by atoms with Gasteiger partial charge in [-0.25, -0.2) is 0 Å². The number of ether oxygens (including phenoxy) is 1. The van der Waals surface area contributed by atoms with Crippen LogP contribution in [0.3, 0.4) is 0 Å². The number of piperazine rings is 1. The number of aromatic nitrogens is 1. The number of benzene rings is 2. The number of aliphatic hydroxyl groups is 1. The molecule has 3 heterocycles. The highest BCUT2D eigenvalue weighted by Gasteiger charge is 2.24. The average Bonchev–Trinajstić information content (AvgIpc) is 3.02. The van der Waals surface area contributed by atoms with Gasteiger partial charge in [0.1, 0.15) is 12.4 Å². The van der Waals surface area contributed by atoms with Gasteiger partial charge < -0.3 is 14.7 Å². The van der Waals surface area contributed by atoms with Crippen LogP contribution in [0.25, 0.3) is 5.57 Å². The van der Waals surface area contributed by atoms with Crippen molar-refractivity contribution in [3.63, 3.8) is 0 Å². The number of rotatable bonds is 5. The highest BCUT2D eigenvalue weighted by atomic mass is 35.5. The zero-order valence-electron chi connectivity index (χ0n) is 20.7. The third-order valence-electron chi connectivity index (χ3n) is 6.96. The van der Waals surface area contributed by atoms with Crippen LogP contribution >= 0.6 is 23.2 Å². The van der Waals surface area contributed by atoms with E-state index in [1.54, 1.807) is 0 Å². The Morgan fingerprint density at radius 3 is 2.56 bits per heavy atom. The Morgan fingerprint density at radius 1 is 1.00 bits per heavy atom. The first kappa shape index (κ1) is 25.1. The molecule has 5 rings (SSSR count). The van der Waals surface area contributed by atoms with E-state index in [0.29, 0.717) is 16.7 Å². The van der Waals surface area contributed by atoms with Gasteiger partial charge in [0.05, 0.1) is 21.3 Å². The van der Waals surface area contributed by atoms with Crippen molar-refractivity contribution < 1.29 is 9.84 Å². The van der Waals surface area contributed by atoms with Gasteiger partial charge in [0.25, 0.3) is 0 Å². The van der Waals surface area contributed by atoms with E-state index in [-0.39, 0.29) is 0 Å². The molecule has 1 saturated heterocycles. The smallest absolute Gasteiger partial charge is 0.131 e. The normalized spacial score (nSPS) is 17.4. The van der Waals surface area contributed by atoms with E-state index < -0.39 is 5.60 Å². The molecule has 5 nitrogen and oxygen atoms in total. The van der Waals surface area contributed by atoms with Gasteiger partial charge in [-0.2, -0.15) is 0 Å². The summed E-state index contributed by atoms with van der Waals surface area (Å²) in [6, 6.07) is 15.9. The van der Waals surface area contributed by atoms with E-state index in [1.807, 2.05) is 56.4 Å². The number of pyridine rings is 1. The van der Waals surface area contributed by atoms with Crippen LogP contribution in [0.15, 0.2) is 60.8 Å². The second-order valence-electron chi connectivity index (χ2n) is 9.89. The molecule has 0 spiro atoms. The Morgan fingerprint density at radius 2 is 1.81 bits per heavy atom. The summed E-state index contributed by atoms with van der Waals surface area (Å²) >= 11 is 12.3. The SMILES string of the molecule is CC(C)(O)c1ccc2c(c1)/C(=C/CCN1CCN(c3ccc(Cl)c(Cl)c3)CC1)c1cccnc1CO2. The van der Waals surface area contributed by atoms with Gasteiger partial charge >= 0.3 is 0 Å². The predicted octanol–water partition coefficient (Wildman–Crippen LogP) is 6.15. The minimum Gasteiger partial charge on any atom is -0.487 e. The lowest BCUT2D eigenvalue weighted by atomic mass is 9.90. The molecule has 1 fully saturated rings. The lowest BCUT2D eigenvalue weighted by Crippen LogP contribution is -2.46. The topological polar surface area (TPSA) is 48.8 Å². The first-order valence-corrected chi connectivity index (χ1v) is 13.1. The zero-order chi connectivity index (χ0) is 25.3. The fraction of sp³-hybridized carbons (Fsp3) is 0.345. The maximum Gasteiger partial charge on any atom is 0.131 e. The largest absolute Gasteiger partial charge is 0.487 e. The highest BCUT2D eigenvalue weighted by molar-refractivity contribution is 6.42. The molecule has 188 valence electrons. The van der Waals surface area contributed by atoms with Crippen LogP contribution in [0.5, 0.6) is 5.75 Å². The fourth-order valence-electron chi connectivity index (χ4n) is 4.86. The van der Waals surface area contributed by atoms with Crippen molar-refractivity contribution >= 4 is 34.5 Å². The first-order valence-electron chi connectivity index (χ1n) is 12.4. The number of anilines is 1. The molecule has 7 heteroatoms. The summed E-state index contributed by atoms with van der Waals surface area (Å²) < 4.78 is 6.12. The third-order valence-corrected chi connectivity index (χ3v) is 7.69. The Bertz CT molecular complexity index is 1280. The second kappa shape index (κ2) is 10.4. The van der Waals surface area contributed by atoms with E-state index >= 15 is 0 Å². The van der Waals surface area contributed by atoms with Crippen LogP contribution in [0.4, 0.5) is 5.69 Å². The summed E-state index contributed by atoms with van der Waals surface area (Å²) in [5.74, 6) is 0.822. The minimum atomic E-state index is -0.932. The lowest BCUT2D eigenvalue weighted by molar-refractivity contribution is 0.0785. The number of hydrogen-bond donors (Lipinski definition) is 1. The summed E-state index contributed by atoms with van der Waals surface area (Å²) in [6.07, 6.45) is 5.02. The molecule has 3 aromatic rings. The van der Waals surface area contributed by atoms with Crippen molar-refractivity contribution in [1.82, 2.24) is 9.88 Å². The Labute approximate surface area is 222 Å². The summed E-state index contributed by atoms with van der Waals surface area (Å²) in [7, 11) is 0. The van der Waals surface area contributed by atoms with Crippen molar-refractivity contribution in [2.45, 2.75) is 32.5 Å². The molecule has 0 saturated carbocycles. The summed E-state index contributed by atoms with van der Waals surface area (Å²) in [5, 5.41) is 11.8. The molecule has 0 radical (unpaired) electrons. The molecule has 36 heavy (non-hydrogen) atoms. The molecule has 0 unspecified atom stereocenters. The Hall–Kier alpha value is -2.57. The molecule has 0 atom stereocenters. The van der Waals surface area contributed by atoms with Crippen molar-refractivity contribution in [3.8, 4) is 5.75 Å². The van der Waals surface area contributed by atoms with Gasteiger partial charge in [-0.05, 0) is 67.8 Å². The van der Waals surface area contributed by atoms with Crippen LogP contribution in [-0.4, -0.2) is 47.7 Å². The van der Waals surface area contributed by atoms with Gasteiger partial charge in [-0.1, -0.05) is 41.4 Å². The maximum absolute atomic E-state index is 10.6. The van der Waals surface area contributed by atoms with Crippen molar-refractivity contribution in [3.05, 3.63) is 93.2 Å². The van der Waals surface area contributed by atoms with Crippen molar-refractivity contribution in [1.29, 1.82) is 0 Å².